The Morgan fingerprint density at radius 3 is 2.10 bits per heavy atom. The molecule has 0 aromatic heterocycles. The van der Waals surface area contributed by atoms with E-state index in [-0.39, 0.29) is 11.0 Å². The van der Waals surface area contributed by atoms with Gasteiger partial charge in [-0.3, -0.25) is 0 Å². The van der Waals surface area contributed by atoms with Crippen molar-refractivity contribution >= 4 is 10.0 Å². The van der Waals surface area contributed by atoms with Crippen molar-refractivity contribution in [3.05, 3.63) is 65.2 Å². The molecule has 5 heteroatoms. The Morgan fingerprint density at radius 2 is 1.52 bits per heavy atom. The molecule has 0 heterocycles. The van der Waals surface area contributed by atoms with Crippen LogP contribution in [0, 0.1) is 12.3 Å². The van der Waals surface area contributed by atoms with Gasteiger partial charge in [0.05, 0.1) is 17.1 Å². The third-order valence-electron chi connectivity index (χ3n) is 6.16. The van der Waals surface area contributed by atoms with Crippen molar-refractivity contribution in [3.8, 4) is 0 Å². The standard InChI is InChI=1S/C26H37NO3S/c1-21-7-13-24(14-8-21)31(28,29)27-20-26(16-5-6-17-26)19-23-11-9-22(10-12-23)15-18-30-25(2,3)4/h7-14,27H,5-6,15-20H2,1-4H3. The van der Waals surface area contributed by atoms with Crippen LogP contribution in [0.3, 0.4) is 0 Å². The Labute approximate surface area is 188 Å². The van der Waals surface area contributed by atoms with Gasteiger partial charge in [0.2, 0.25) is 10.0 Å². The molecule has 1 aliphatic rings. The Morgan fingerprint density at radius 1 is 0.935 bits per heavy atom. The van der Waals surface area contributed by atoms with Crippen molar-refractivity contribution in [2.24, 2.45) is 5.41 Å². The first-order valence-corrected chi connectivity index (χ1v) is 12.8. The van der Waals surface area contributed by atoms with Crippen LogP contribution in [0.4, 0.5) is 0 Å². The van der Waals surface area contributed by atoms with Crippen LogP contribution in [0.1, 0.15) is 63.1 Å². The number of benzene rings is 2. The van der Waals surface area contributed by atoms with Gasteiger partial charge >= 0.3 is 0 Å². The molecule has 0 spiro atoms. The zero-order valence-electron chi connectivity index (χ0n) is 19.4. The molecule has 2 aromatic carbocycles. The van der Waals surface area contributed by atoms with Crippen molar-refractivity contribution in [2.45, 2.75) is 76.7 Å². The molecule has 4 nitrogen and oxygen atoms in total. The normalized spacial score (nSPS) is 16.5. The molecule has 31 heavy (non-hydrogen) atoms. The topological polar surface area (TPSA) is 55.4 Å². The van der Waals surface area contributed by atoms with Crippen molar-refractivity contribution < 1.29 is 13.2 Å². The summed E-state index contributed by atoms with van der Waals surface area (Å²) in [6.07, 6.45) is 6.25. The first-order chi connectivity index (χ1) is 14.6. The lowest BCUT2D eigenvalue weighted by Crippen LogP contribution is -2.37. The number of nitrogens with one attached hydrogen (secondary N) is 1. The molecule has 1 aliphatic carbocycles. The van der Waals surface area contributed by atoms with Crippen molar-refractivity contribution in [2.75, 3.05) is 13.2 Å². The van der Waals surface area contributed by atoms with Crippen LogP contribution in [0.5, 0.6) is 0 Å². The van der Waals surface area contributed by atoms with Gasteiger partial charge in [-0.2, -0.15) is 0 Å². The maximum atomic E-state index is 12.8. The second-order valence-electron chi connectivity index (χ2n) is 10.0. The minimum atomic E-state index is -3.49. The predicted molar refractivity (Wildman–Crippen MR) is 127 cm³/mol. The summed E-state index contributed by atoms with van der Waals surface area (Å²) in [5.74, 6) is 0. The minimum absolute atomic E-state index is 0.00533. The van der Waals surface area contributed by atoms with Crippen LogP contribution in [-0.4, -0.2) is 27.2 Å². The monoisotopic (exact) mass is 443 g/mol. The lowest BCUT2D eigenvalue weighted by atomic mass is 9.80. The minimum Gasteiger partial charge on any atom is -0.376 e. The van der Waals surface area contributed by atoms with Crippen molar-refractivity contribution in [1.82, 2.24) is 4.72 Å². The molecule has 170 valence electrons. The molecule has 3 rings (SSSR count). The fraction of sp³-hybridized carbons (Fsp3) is 0.538. The van der Waals surface area contributed by atoms with Gasteiger partial charge < -0.3 is 4.74 Å². The van der Waals surface area contributed by atoms with Gasteiger partial charge in [-0.25, -0.2) is 13.1 Å². The van der Waals surface area contributed by atoms with E-state index in [9.17, 15) is 8.42 Å². The van der Waals surface area contributed by atoms with E-state index in [1.807, 2.05) is 19.1 Å². The predicted octanol–water partition coefficient (Wildman–Crippen LogP) is 5.43. The van der Waals surface area contributed by atoms with Gasteiger partial charge in [0.25, 0.3) is 0 Å². The highest BCUT2D eigenvalue weighted by Gasteiger charge is 2.35. The Kier molecular flexibility index (Phi) is 7.61. The number of aryl methyl sites for hydroxylation is 1. The summed E-state index contributed by atoms with van der Waals surface area (Å²) in [6.45, 7) is 9.39. The van der Waals surface area contributed by atoms with Crippen LogP contribution < -0.4 is 4.72 Å². The highest BCUT2D eigenvalue weighted by molar-refractivity contribution is 7.89. The summed E-state index contributed by atoms with van der Waals surface area (Å²) >= 11 is 0. The quantitative estimate of drug-likeness (QED) is 0.562. The number of ether oxygens (including phenoxy) is 1. The van der Waals surface area contributed by atoms with E-state index >= 15 is 0 Å². The molecule has 0 unspecified atom stereocenters. The maximum Gasteiger partial charge on any atom is 0.240 e. The Hall–Kier alpha value is -1.69. The number of hydrogen-bond acceptors (Lipinski definition) is 3. The highest BCUT2D eigenvalue weighted by Crippen LogP contribution is 2.40. The van der Waals surface area contributed by atoms with Gasteiger partial charge in [0, 0.05) is 6.54 Å². The lowest BCUT2D eigenvalue weighted by molar-refractivity contribution is -0.000980. The first-order valence-electron chi connectivity index (χ1n) is 11.4. The van der Waals surface area contributed by atoms with E-state index < -0.39 is 10.0 Å². The fourth-order valence-electron chi connectivity index (χ4n) is 4.32. The number of hydrogen-bond donors (Lipinski definition) is 1. The van der Waals surface area contributed by atoms with E-state index in [0.717, 1.165) is 44.1 Å². The molecule has 0 radical (unpaired) electrons. The van der Waals surface area contributed by atoms with Crippen LogP contribution in [-0.2, 0) is 27.6 Å². The van der Waals surface area contributed by atoms with Gasteiger partial charge in [0.1, 0.15) is 0 Å². The average molecular weight is 444 g/mol. The third-order valence-corrected chi connectivity index (χ3v) is 7.58. The zero-order chi connectivity index (χ0) is 22.5. The summed E-state index contributed by atoms with van der Waals surface area (Å²) in [7, 11) is -3.49. The summed E-state index contributed by atoms with van der Waals surface area (Å²) < 4.78 is 34.3. The van der Waals surface area contributed by atoms with E-state index in [4.69, 9.17) is 4.74 Å². The first kappa shape index (κ1) is 24.0. The van der Waals surface area contributed by atoms with Crippen LogP contribution in [0.2, 0.25) is 0 Å². The number of sulfonamides is 1. The second-order valence-corrected chi connectivity index (χ2v) is 11.8. The van der Waals surface area contributed by atoms with Crippen LogP contribution >= 0.6 is 0 Å². The molecule has 0 atom stereocenters. The molecular formula is C26H37NO3S. The molecule has 1 saturated carbocycles. The second kappa shape index (κ2) is 9.85. The molecular weight excluding hydrogens is 406 g/mol. The Bertz CT molecular complexity index is 936. The van der Waals surface area contributed by atoms with Crippen LogP contribution in [0.25, 0.3) is 0 Å². The summed E-state index contributed by atoms with van der Waals surface area (Å²) in [4.78, 5) is 0.341. The highest BCUT2D eigenvalue weighted by atomic mass is 32.2. The van der Waals surface area contributed by atoms with Gasteiger partial charge in [-0.05, 0) is 82.1 Å². The van der Waals surface area contributed by atoms with Crippen LogP contribution in [0.15, 0.2) is 53.4 Å². The zero-order valence-corrected chi connectivity index (χ0v) is 20.2. The van der Waals surface area contributed by atoms with E-state index in [2.05, 4.69) is 49.8 Å². The molecule has 1 fully saturated rings. The molecule has 0 bridgehead atoms. The average Bonchev–Trinajstić information content (AvgIpc) is 3.16. The molecule has 0 saturated heterocycles. The van der Waals surface area contributed by atoms with E-state index in [1.165, 1.54) is 11.1 Å². The van der Waals surface area contributed by atoms with E-state index in [0.29, 0.717) is 18.0 Å². The van der Waals surface area contributed by atoms with Gasteiger partial charge in [0.15, 0.2) is 0 Å². The molecule has 2 aromatic rings. The molecule has 0 amide bonds. The summed E-state index contributed by atoms with van der Waals surface area (Å²) in [6, 6.07) is 15.8. The molecule has 1 N–H and O–H groups in total. The van der Waals surface area contributed by atoms with E-state index in [1.54, 1.807) is 12.1 Å². The van der Waals surface area contributed by atoms with Crippen molar-refractivity contribution in [3.63, 3.8) is 0 Å². The SMILES string of the molecule is Cc1ccc(S(=O)(=O)NCC2(Cc3ccc(CCOC(C)(C)C)cc3)CCCC2)cc1. The largest absolute Gasteiger partial charge is 0.376 e. The smallest absolute Gasteiger partial charge is 0.240 e. The fourth-order valence-corrected chi connectivity index (χ4v) is 5.48. The lowest BCUT2D eigenvalue weighted by Gasteiger charge is -2.29. The molecule has 0 aliphatic heterocycles. The maximum absolute atomic E-state index is 12.8. The van der Waals surface area contributed by atoms with Gasteiger partial charge in [-0.1, -0.05) is 54.8 Å². The summed E-state index contributed by atoms with van der Waals surface area (Å²) in [5.41, 5.74) is 3.49. The Balaban J connectivity index is 1.61. The van der Waals surface area contributed by atoms with Gasteiger partial charge in [-0.15, -0.1) is 0 Å². The third kappa shape index (κ3) is 7.16. The van der Waals surface area contributed by atoms with Crippen molar-refractivity contribution in [1.29, 1.82) is 0 Å². The summed E-state index contributed by atoms with van der Waals surface area (Å²) in [5, 5.41) is 0. The number of rotatable bonds is 9.